The first-order valence-corrected chi connectivity index (χ1v) is 7.33. The van der Waals surface area contributed by atoms with Crippen molar-refractivity contribution in [2.45, 2.75) is 6.42 Å². The van der Waals surface area contributed by atoms with Crippen LogP contribution in [0.15, 0.2) is 59.4 Å². The van der Waals surface area contributed by atoms with Gasteiger partial charge in [-0.1, -0.05) is 41.9 Å². The minimum atomic E-state index is -0.246. The number of benzene rings is 2. The Labute approximate surface area is 131 Å². The molecule has 0 aliphatic carbocycles. The largest absolute Gasteiger partial charge is 0.347 e. The van der Waals surface area contributed by atoms with Gasteiger partial charge in [0.25, 0.3) is 0 Å². The van der Waals surface area contributed by atoms with E-state index in [1.54, 1.807) is 6.07 Å². The van der Waals surface area contributed by atoms with Gasteiger partial charge in [0.2, 0.25) is 0 Å². The molecule has 0 bridgehead atoms. The van der Waals surface area contributed by atoms with Gasteiger partial charge in [-0.05, 0) is 29.8 Å². The normalized spacial score (nSPS) is 11.3. The van der Waals surface area contributed by atoms with E-state index >= 15 is 0 Å². The average molecular weight is 310 g/mol. The fraction of sp³-hybridized carbons (Fsp3) is 0.0588. The van der Waals surface area contributed by atoms with Crippen molar-refractivity contribution in [1.82, 2.24) is 14.6 Å². The highest BCUT2D eigenvalue weighted by atomic mass is 35.5. The Hall–Kier alpha value is -2.59. The third-order valence-electron chi connectivity index (χ3n) is 3.68. The third-order valence-corrected chi connectivity index (χ3v) is 3.91. The lowest BCUT2D eigenvalue weighted by molar-refractivity contribution is 0.850. The minimum Gasteiger partial charge on any atom is -0.305 e. The molecule has 0 spiro atoms. The first kappa shape index (κ1) is 13.1. The standard InChI is InChI=1S/C17H12ClN3O/c18-12-6-7-15-14(9-12)16-10-13(20-21(16)17(22)19-15)8-11-4-2-1-3-5-11/h1-7,9-10H,8H2,(H,19,22). The second-order valence-electron chi connectivity index (χ2n) is 5.22. The molecule has 0 radical (unpaired) electrons. The Morgan fingerprint density at radius 2 is 1.91 bits per heavy atom. The summed E-state index contributed by atoms with van der Waals surface area (Å²) in [5, 5.41) is 5.94. The maximum Gasteiger partial charge on any atom is 0.347 e. The van der Waals surface area contributed by atoms with Crippen molar-refractivity contribution >= 4 is 28.0 Å². The van der Waals surface area contributed by atoms with E-state index in [1.165, 1.54) is 4.52 Å². The van der Waals surface area contributed by atoms with Gasteiger partial charge >= 0.3 is 5.69 Å². The number of halogens is 1. The van der Waals surface area contributed by atoms with Gasteiger partial charge in [-0.2, -0.15) is 9.61 Å². The van der Waals surface area contributed by atoms with Crippen molar-refractivity contribution in [2.75, 3.05) is 0 Å². The second kappa shape index (κ2) is 5.00. The smallest absolute Gasteiger partial charge is 0.305 e. The van der Waals surface area contributed by atoms with Crippen LogP contribution in [0.25, 0.3) is 16.4 Å². The molecule has 5 heteroatoms. The summed E-state index contributed by atoms with van der Waals surface area (Å²) in [5.74, 6) is 0. The van der Waals surface area contributed by atoms with Crippen LogP contribution in [0.2, 0.25) is 5.02 Å². The number of nitrogens with zero attached hydrogens (tertiary/aromatic N) is 2. The summed E-state index contributed by atoms with van der Waals surface area (Å²) in [5.41, 5.74) is 3.29. The molecule has 2 heterocycles. The van der Waals surface area contributed by atoms with Crippen molar-refractivity contribution in [3.8, 4) is 0 Å². The first-order chi connectivity index (χ1) is 10.7. The molecule has 2 aromatic carbocycles. The van der Waals surface area contributed by atoms with Gasteiger partial charge in [0, 0.05) is 16.8 Å². The summed E-state index contributed by atoms with van der Waals surface area (Å²) in [6, 6.07) is 17.4. The highest BCUT2D eigenvalue weighted by molar-refractivity contribution is 6.31. The van der Waals surface area contributed by atoms with Gasteiger partial charge in [-0.25, -0.2) is 4.79 Å². The summed E-state index contributed by atoms with van der Waals surface area (Å²) >= 11 is 6.07. The van der Waals surface area contributed by atoms with Gasteiger partial charge in [0.1, 0.15) is 0 Å². The van der Waals surface area contributed by atoms with Crippen molar-refractivity contribution < 1.29 is 0 Å². The Kier molecular flexibility index (Phi) is 2.98. The molecule has 1 N–H and O–H groups in total. The van der Waals surface area contributed by atoms with Crippen LogP contribution < -0.4 is 5.69 Å². The second-order valence-corrected chi connectivity index (χ2v) is 5.65. The molecule has 4 aromatic rings. The summed E-state index contributed by atoms with van der Waals surface area (Å²) in [6.45, 7) is 0. The van der Waals surface area contributed by atoms with Crippen LogP contribution in [0, 0.1) is 0 Å². The fourth-order valence-corrected chi connectivity index (χ4v) is 2.85. The fourth-order valence-electron chi connectivity index (χ4n) is 2.67. The van der Waals surface area contributed by atoms with E-state index in [-0.39, 0.29) is 5.69 Å². The van der Waals surface area contributed by atoms with E-state index in [1.807, 2.05) is 48.5 Å². The van der Waals surface area contributed by atoms with E-state index in [2.05, 4.69) is 10.1 Å². The zero-order valence-corrected chi connectivity index (χ0v) is 12.3. The number of rotatable bonds is 2. The molecule has 4 rings (SSSR count). The zero-order chi connectivity index (χ0) is 15.1. The van der Waals surface area contributed by atoms with E-state index in [0.29, 0.717) is 11.4 Å². The molecular weight excluding hydrogens is 298 g/mol. The van der Waals surface area contributed by atoms with Gasteiger partial charge < -0.3 is 4.98 Å². The third kappa shape index (κ3) is 2.18. The quantitative estimate of drug-likeness (QED) is 0.617. The predicted molar refractivity (Wildman–Crippen MR) is 87.6 cm³/mol. The van der Waals surface area contributed by atoms with Gasteiger partial charge in [-0.3, -0.25) is 0 Å². The highest BCUT2D eigenvalue weighted by Crippen LogP contribution is 2.22. The maximum absolute atomic E-state index is 12.2. The number of H-pyrrole nitrogens is 1. The van der Waals surface area contributed by atoms with Gasteiger partial charge in [0.15, 0.2) is 0 Å². The molecule has 0 aliphatic heterocycles. The topological polar surface area (TPSA) is 50.2 Å². The zero-order valence-electron chi connectivity index (χ0n) is 11.6. The summed E-state index contributed by atoms with van der Waals surface area (Å²) < 4.78 is 1.40. The summed E-state index contributed by atoms with van der Waals surface area (Å²) in [4.78, 5) is 15.0. The monoisotopic (exact) mass is 309 g/mol. The van der Waals surface area contributed by atoms with Crippen LogP contribution in [0.5, 0.6) is 0 Å². The molecule has 0 aliphatic rings. The van der Waals surface area contributed by atoms with Crippen LogP contribution in [0.4, 0.5) is 0 Å². The lowest BCUT2D eigenvalue weighted by Crippen LogP contribution is -2.17. The molecular formula is C17H12ClN3O. The van der Waals surface area contributed by atoms with Crippen LogP contribution in [0.3, 0.4) is 0 Å². The number of fused-ring (bicyclic) bond motifs is 3. The summed E-state index contributed by atoms with van der Waals surface area (Å²) in [7, 11) is 0. The van der Waals surface area contributed by atoms with Crippen LogP contribution in [-0.2, 0) is 6.42 Å². The van der Waals surface area contributed by atoms with E-state index in [4.69, 9.17) is 11.6 Å². The molecule has 0 fully saturated rings. The number of aromatic nitrogens is 3. The van der Waals surface area contributed by atoms with Crippen LogP contribution in [-0.4, -0.2) is 14.6 Å². The Bertz CT molecular complexity index is 1030. The molecule has 0 saturated carbocycles. The Morgan fingerprint density at radius 3 is 2.73 bits per heavy atom. The lowest BCUT2D eigenvalue weighted by Gasteiger charge is -2.00. The predicted octanol–water partition coefficient (Wildman–Crippen LogP) is 3.42. The molecule has 0 saturated heterocycles. The number of nitrogens with one attached hydrogen (secondary N) is 1. The van der Waals surface area contributed by atoms with Gasteiger partial charge in [0.05, 0.1) is 16.7 Å². The van der Waals surface area contributed by atoms with Crippen LogP contribution >= 0.6 is 11.6 Å². The summed E-state index contributed by atoms with van der Waals surface area (Å²) in [6.07, 6.45) is 0.685. The highest BCUT2D eigenvalue weighted by Gasteiger charge is 2.10. The van der Waals surface area contributed by atoms with Crippen molar-refractivity contribution in [3.63, 3.8) is 0 Å². The van der Waals surface area contributed by atoms with Crippen molar-refractivity contribution in [2.24, 2.45) is 0 Å². The minimum absolute atomic E-state index is 0.246. The van der Waals surface area contributed by atoms with Crippen molar-refractivity contribution in [3.05, 3.63) is 81.4 Å². The molecule has 2 aromatic heterocycles. The van der Waals surface area contributed by atoms with E-state index in [9.17, 15) is 4.79 Å². The first-order valence-electron chi connectivity index (χ1n) is 6.95. The number of hydrogen-bond acceptors (Lipinski definition) is 2. The van der Waals surface area contributed by atoms with Crippen molar-refractivity contribution in [1.29, 1.82) is 0 Å². The average Bonchev–Trinajstić information content (AvgIpc) is 2.94. The van der Waals surface area contributed by atoms with E-state index in [0.717, 1.165) is 27.7 Å². The molecule has 4 nitrogen and oxygen atoms in total. The van der Waals surface area contributed by atoms with E-state index < -0.39 is 0 Å². The molecule has 108 valence electrons. The number of hydrogen-bond donors (Lipinski definition) is 1. The number of aromatic amines is 1. The maximum atomic E-state index is 12.2. The Balaban J connectivity index is 1.93. The van der Waals surface area contributed by atoms with Crippen LogP contribution in [0.1, 0.15) is 11.3 Å². The molecule has 0 atom stereocenters. The lowest BCUT2D eigenvalue weighted by atomic mass is 10.1. The van der Waals surface area contributed by atoms with Gasteiger partial charge in [-0.15, -0.1) is 0 Å². The molecule has 0 amide bonds. The Morgan fingerprint density at radius 1 is 1.09 bits per heavy atom. The molecule has 22 heavy (non-hydrogen) atoms. The SMILES string of the molecule is O=c1[nH]c2ccc(Cl)cc2c2cc(Cc3ccccc3)nn12. The molecule has 0 unspecified atom stereocenters.